The number of nitrogens with one attached hydrogen (secondary N) is 2. The molecule has 2 aromatic heterocycles. The number of rotatable bonds is 1. The second-order valence-corrected chi connectivity index (χ2v) is 9.81. The van der Waals surface area contributed by atoms with E-state index in [9.17, 15) is 0 Å². The molecule has 7 heteroatoms. The SMILES string of the molecule is Cc1c(-c2cccc3c(C#CC(C)(C)N)c[nH]c23)c(F)cc2c1-n1c(C)nnc1C(C)(C)N2. The minimum Gasteiger partial charge on any atom is -0.371 e. The van der Waals surface area contributed by atoms with Gasteiger partial charge in [0.25, 0.3) is 0 Å². The second-order valence-electron chi connectivity index (χ2n) is 9.81. The number of nitrogens with zero attached hydrogens (tertiary/aromatic N) is 3. The molecule has 3 heterocycles. The van der Waals surface area contributed by atoms with Gasteiger partial charge in [-0.15, -0.1) is 10.2 Å². The Kier molecular flexibility index (Phi) is 4.46. The molecule has 4 N–H and O–H groups in total. The molecule has 1 aliphatic heterocycles. The first-order valence-electron chi connectivity index (χ1n) is 10.9. The number of anilines is 1. The van der Waals surface area contributed by atoms with Crippen molar-refractivity contribution in [3.8, 4) is 28.7 Å². The van der Waals surface area contributed by atoms with Gasteiger partial charge in [-0.3, -0.25) is 4.57 Å². The Hall–Kier alpha value is -3.63. The average molecular weight is 443 g/mol. The number of hydrogen-bond acceptors (Lipinski definition) is 4. The molecule has 6 nitrogen and oxygen atoms in total. The molecule has 0 saturated carbocycles. The van der Waals surface area contributed by atoms with Crippen LogP contribution in [-0.2, 0) is 5.54 Å². The third-order valence-corrected chi connectivity index (χ3v) is 6.05. The lowest BCUT2D eigenvalue weighted by atomic mass is 9.92. The third kappa shape index (κ3) is 3.30. The number of H-pyrrole nitrogens is 1. The van der Waals surface area contributed by atoms with Crippen LogP contribution >= 0.6 is 0 Å². The number of fused-ring (bicyclic) bond motifs is 4. The van der Waals surface area contributed by atoms with Gasteiger partial charge in [0.1, 0.15) is 11.6 Å². The molecule has 0 saturated heterocycles. The fraction of sp³-hybridized carbons (Fsp3) is 0.308. The van der Waals surface area contributed by atoms with Gasteiger partial charge < -0.3 is 16.0 Å². The molecule has 2 aromatic carbocycles. The number of aromatic amines is 1. The molecular weight excluding hydrogens is 415 g/mol. The van der Waals surface area contributed by atoms with Gasteiger partial charge in [0.15, 0.2) is 5.82 Å². The van der Waals surface area contributed by atoms with Crippen LogP contribution in [0.1, 0.15) is 50.5 Å². The predicted molar refractivity (Wildman–Crippen MR) is 130 cm³/mol. The zero-order chi connectivity index (χ0) is 23.7. The molecule has 0 atom stereocenters. The summed E-state index contributed by atoms with van der Waals surface area (Å²) in [6, 6.07) is 7.42. The van der Waals surface area contributed by atoms with E-state index in [1.54, 1.807) is 6.07 Å². The zero-order valence-electron chi connectivity index (χ0n) is 19.7. The topological polar surface area (TPSA) is 84.6 Å². The van der Waals surface area contributed by atoms with Crippen molar-refractivity contribution in [2.75, 3.05) is 5.32 Å². The van der Waals surface area contributed by atoms with E-state index in [2.05, 4.69) is 32.3 Å². The van der Waals surface area contributed by atoms with E-state index in [4.69, 9.17) is 5.73 Å². The lowest BCUT2D eigenvalue weighted by molar-refractivity contribution is 0.532. The highest BCUT2D eigenvalue weighted by Gasteiger charge is 2.36. The second kappa shape index (κ2) is 6.93. The highest BCUT2D eigenvalue weighted by molar-refractivity contribution is 5.99. The van der Waals surface area contributed by atoms with Gasteiger partial charge in [-0.25, -0.2) is 4.39 Å². The fourth-order valence-corrected chi connectivity index (χ4v) is 4.60. The molecule has 0 unspecified atom stereocenters. The van der Waals surface area contributed by atoms with Crippen molar-refractivity contribution in [2.24, 2.45) is 5.73 Å². The first-order valence-corrected chi connectivity index (χ1v) is 10.9. The molecule has 5 rings (SSSR count). The lowest BCUT2D eigenvalue weighted by Crippen LogP contribution is -2.36. The van der Waals surface area contributed by atoms with Gasteiger partial charge in [0.05, 0.1) is 28.0 Å². The summed E-state index contributed by atoms with van der Waals surface area (Å²) in [5.74, 6) is 7.50. The number of nitrogens with two attached hydrogens (primary N) is 1. The fourth-order valence-electron chi connectivity index (χ4n) is 4.60. The van der Waals surface area contributed by atoms with E-state index in [1.165, 1.54) is 0 Å². The summed E-state index contributed by atoms with van der Waals surface area (Å²) in [7, 11) is 0. The third-order valence-electron chi connectivity index (χ3n) is 6.05. The number of halogens is 1. The van der Waals surface area contributed by atoms with Gasteiger partial charge >= 0.3 is 0 Å². The van der Waals surface area contributed by atoms with Crippen molar-refractivity contribution >= 4 is 16.6 Å². The molecular formula is C26H27FN6. The summed E-state index contributed by atoms with van der Waals surface area (Å²) < 4.78 is 17.7. The molecule has 0 spiro atoms. The smallest absolute Gasteiger partial charge is 0.162 e. The van der Waals surface area contributed by atoms with E-state index in [-0.39, 0.29) is 5.82 Å². The molecule has 0 radical (unpaired) electrons. The first kappa shape index (κ1) is 21.2. The summed E-state index contributed by atoms with van der Waals surface area (Å²) in [5, 5.41) is 13.1. The van der Waals surface area contributed by atoms with Crippen molar-refractivity contribution in [2.45, 2.75) is 52.6 Å². The average Bonchev–Trinajstić information content (AvgIpc) is 3.30. The Morgan fingerprint density at radius 2 is 1.94 bits per heavy atom. The largest absolute Gasteiger partial charge is 0.371 e. The molecule has 0 amide bonds. The van der Waals surface area contributed by atoms with Crippen molar-refractivity contribution in [3.05, 3.63) is 59.1 Å². The molecule has 0 fully saturated rings. The minimum absolute atomic E-state index is 0.290. The maximum Gasteiger partial charge on any atom is 0.162 e. The van der Waals surface area contributed by atoms with Gasteiger partial charge in [-0.05, 0) is 53.2 Å². The number of benzene rings is 2. The van der Waals surface area contributed by atoms with Crippen LogP contribution in [0.3, 0.4) is 0 Å². The normalized spacial score (nSPS) is 14.3. The Bertz CT molecular complexity index is 1490. The number of hydrogen-bond donors (Lipinski definition) is 3. The molecule has 168 valence electrons. The number of aryl methyl sites for hydroxylation is 1. The van der Waals surface area contributed by atoms with Crippen LogP contribution in [0.25, 0.3) is 27.7 Å². The summed E-state index contributed by atoms with van der Waals surface area (Å²) in [5.41, 5.74) is 10.4. The van der Waals surface area contributed by atoms with E-state index < -0.39 is 11.1 Å². The van der Waals surface area contributed by atoms with Crippen LogP contribution < -0.4 is 11.1 Å². The quantitative estimate of drug-likeness (QED) is 0.365. The Labute approximate surface area is 192 Å². The molecule has 0 aliphatic carbocycles. The maximum absolute atomic E-state index is 15.7. The summed E-state index contributed by atoms with van der Waals surface area (Å²) in [6.45, 7) is 11.6. The van der Waals surface area contributed by atoms with Crippen LogP contribution in [0.4, 0.5) is 10.1 Å². The summed E-state index contributed by atoms with van der Waals surface area (Å²) in [4.78, 5) is 3.31. The Morgan fingerprint density at radius 1 is 1.18 bits per heavy atom. The van der Waals surface area contributed by atoms with Gasteiger partial charge in [0, 0.05) is 28.3 Å². The molecule has 33 heavy (non-hydrogen) atoms. The van der Waals surface area contributed by atoms with Gasteiger partial charge in [-0.1, -0.05) is 30.0 Å². The van der Waals surface area contributed by atoms with E-state index in [1.807, 2.05) is 70.5 Å². The van der Waals surface area contributed by atoms with Crippen LogP contribution in [0, 0.1) is 31.5 Å². The van der Waals surface area contributed by atoms with Crippen molar-refractivity contribution < 1.29 is 4.39 Å². The standard InChI is InChI=1S/C26H27FN6/c1-14-21(18-9-7-8-17-16(13-29-22(17)18)10-11-25(3,4)28)19(27)12-20-23(14)33-15(2)31-32-24(33)26(5,6)30-20/h7-9,12-13,29-30H,28H2,1-6H3. The van der Waals surface area contributed by atoms with Crippen molar-refractivity contribution in [3.63, 3.8) is 0 Å². The van der Waals surface area contributed by atoms with Crippen molar-refractivity contribution in [1.29, 1.82) is 0 Å². The summed E-state index contributed by atoms with van der Waals surface area (Å²) >= 11 is 0. The molecule has 4 aromatic rings. The molecule has 0 bridgehead atoms. The zero-order valence-corrected chi connectivity index (χ0v) is 19.7. The Balaban J connectivity index is 1.76. The highest BCUT2D eigenvalue weighted by Crippen LogP contribution is 2.44. The van der Waals surface area contributed by atoms with E-state index in [0.29, 0.717) is 5.56 Å². The Morgan fingerprint density at radius 3 is 2.67 bits per heavy atom. The van der Waals surface area contributed by atoms with Gasteiger partial charge in [-0.2, -0.15) is 0 Å². The monoisotopic (exact) mass is 442 g/mol. The maximum atomic E-state index is 15.7. The lowest BCUT2D eigenvalue weighted by Gasteiger charge is -2.35. The van der Waals surface area contributed by atoms with Crippen LogP contribution in [-0.4, -0.2) is 25.3 Å². The van der Waals surface area contributed by atoms with Crippen molar-refractivity contribution in [1.82, 2.24) is 19.7 Å². The first-order chi connectivity index (χ1) is 15.5. The predicted octanol–water partition coefficient (Wildman–Crippen LogP) is 4.92. The van der Waals surface area contributed by atoms with E-state index in [0.717, 1.165) is 50.6 Å². The van der Waals surface area contributed by atoms with Crippen LogP contribution in [0.5, 0.6) is 0 Å². The number of para-hydroxylation sites is 1. The number of aromatic nitrogens is 4. The van der Waals surface area contributed by atoms with Gasteiger partial charge in [0.2, 0.25) is 0 Å². The van der Waals surface area contributed by atoms with Crippen LogP contribution in [0.2, 0.25) is 0 Å². The highest BCUT2D eigenvalue weighted by atomic mass is 19.1. The van der Waals surface area contributed by atoms with E-state index >= 15 is 4.39 Å². The molecule has 1 aliphatic rings. The van der Waals surface area contributed by atoms with Crippen LogP contribution in [0.15, 0.2) is 30.5 Å². The summed E-state index contributed by atoms with van der Waals surface area (Å²) in [6.07, 6.45) is 1.85. The minimum atomic E-state index is -0.600.